The normalized spacial score (nSPS) is 17.5. The summed E-state index contributed by atoms with van der Waals surface area (Å²) < 4.78 is 67.1. The van der Waals surface area contributed by atoms with Crippen LogP contribution in [0, 0.1) is 0 Å². The van der Waals surface area contributed by atoms with Crippen LogP contribution in [0.4, 0.5) is 5.69 Å². The van der Waals surface area contributed by atoms with Crippen LogP contribution in [0.2, 0.25) is 0 Å². The maximum absolute atomic E-state index is 12.7. The number of benzene rings is 2. The fraction of sp³-hybridized carbons (Fsp3) is 0.423. The third-order valence-corrected chi connectivity index (χ3v) is 9.63. The Hall–Kier alpha value is -3.09. The Morgan fingerprint density at radius 1 is 1.11 bits per heavy atom. The summed E-state index contributed by atoms with van der Waals surface area (Å²) in [6.45, 7) is 2.01. The van der Waals surface area contributed by atoms with Crippen molar-refractivity contribution < 1.29 is 30.8 Å². The second-order valence-corrected chi connectivity index (χ2v) is 14.1. The topological polar surface area (TPSA) is 142 Å². The van der Waals surface area contributed by atoms with E-state index in [9.17, 15) is 16.8 Å². The minimum Gasteiger partial charge on any atom is -0.495 e. The van der Waals surface area contributed by atoms with E-state index >= 15 is 0 Å². The standard InChI is InChI=1S/C26H29N3O7S2/c1-34-20-11-15(14-37(3,30)31)21(24(35-2)25(20)38(27,32)33)22-18-13-26(7-8-26)19-6-5-16(29-9-4-10-29)12-17(19)23(18)36-28-22/h5-6,11-12H,4,7-10,13-14H2,1-3H3,(H2,27,32,33). The highest BCUT2D eigenvalue weighted by Crippen LogP contribution is 2.59. The van der Waals surface area contributed by atoms with E-state index in [1.165, 1.54) is 25.8 Å². The number of primary sulfonamides is 1. The molecular weight excluding hydrogens is 530 g/mol. The molecule has 1 aliphatic heterocycles. The van der Waals surface area contributed by atoms with Gasteiger partial charge in [0.15, 0.2) is 26.2 Å². The van der Waals surface area contributed by atoms with Crippen molar-refractivity contribution in [2.24, 2.45) is 5.14 Å². The van der Waals surface area contributed by atoms with Gasteiger partial charge in [0.25, 0.3) is 0 Å². The molecule has 10 nitrogen and oxygen atoms in total. The first-order chi connectivity index (χ1) is 18.0. The molecule has 0 amide bonds. The summed E-state index contributed by atoms with van der Waals surface area (Å²) in [5.74, 6) is -0.00304. The fourth-order valence-electron chi connectivity index (χ4n) is 5.80. The molecular formula is C26H29N3O7S2. The van der Waals surface area contributed by atoms with Gasteiger partial charge in [0.1, 0.15) is 11.4 Å². The molecule has 0 bridgehead atoms. The molecule has 1 saturated carbocycles. The van der Waals surface area contributed by atoms with Gasteiger partial charge in [-0.05, 0) is 55.0 Å². The first-order valence-electron chi connectivity index (χ1n) is 12.3. The summed E-state index contributed by atoms with van der Waals surface area (Å²) in [6, 6.07) is 7.87. The highest BCUT2D eigenvalue weighted by molar-refractivity contribution is 7.90. The van der Waals surface area contributed by atoms with E-state index in [4.69, 9.17) is 19.1 Å². The average molecular weight is 560 g/mol. The predicted octanol–water partition coefficient (Wildman–Crippen LogP) is 3.02. The number of anilines is 1. The predicted molar refractivity (Wildman–Crippen MR) is 142 cm³/mol. The zero-order chi connectivity index (χ0) is 27.0. The van der Waals surface area contributed by atoms with E-state index in [0.717, 1.165) is 55.4 Å². The molecule has 2 fully saturated rings. The number of sulfone groups is 1. The number of rotatable bonds is 7. The molecule has 0 unspecified atom stereocenters. The Labute approximate surface area is 221 Å². The Balaban J connectivity index is 1.63. The van der Waals surface area contributed by atoms with Gasteiger partial charge in [-0.15, -0.1) is 0 Å². The van der Waals surface area contributed by atoms with Crippen LogP contribution in [0.3, 0.4) is 0 Å². The lowest BCUT2D eigenvalue weighted by Crippen LogP contribution is -2.37. The van der Waals surface area contributed by atoms with Crippen molar-refractivity contribution in [2.45, 2.75) is 41.7 Å². The number of sulfonamides is 1. The zero-order valence-corrected chi connectivity index (χ0v) is 23.0. The van der Waals surface area contributed by atoms with Crippen LogP contribution >= 0.6 is 0 Å². The Morgan fingerprint density at radius 3 is 2.39 bits per heavy atom. The van der Waals surface area contributed by atoms with Gasteiger partial charge in [-0.25, -0.2) is 22.0 Å². The molecule has 0 atom stereocenters. The number of aromatic nitrogens is 1. The summed E-state index contributed by atoms with van der Waals surface area (Å²) in [4.78, 5) is 1.93. The molecule has 2 aliphatic carbocycles. The lowest BCUT2D eigenvalue weighted by atomic mass is 9.77. The molecule has 1 spiro atoms. The van der Waals surface area contributed by atoms with Crippen LogP contribution in [0.5, 0.6) is 11.5 Å². The molecule has 38 heavy (non-hydrogen) atoms. The summed E-state index contributed by atoms with van der Waals surface area (Å²) in [7, 11) is -5.26. The van der Waals surface area contributed by atoms with Crippen LogP contribution in [0.25, 0.3) is 22.6 Å². The monoisotopic (exact) mass is 559 g/mol. The molecule has 6 rings (SSSR count). The van der Waals surface area contributed by atoms with Crippen LogP contribution in [-0.2, 0) is 37.4 Å². The van der Waals surface area contributed by atoms with E-state index in [2.05, 4.69) is 28.3 Å². The molecule has 3 aliphatic rings. The van der Waals surface area contributed by atoms with Crippen molar-refractivity contribution in [3.63, 3.8) is 0 Å². The molecule has 1 aromatic heterocycles. The van der Waals surface area contributed by atoms with Crippen molar-refractivity contribution in [1.82, 2.24) is 5.16 Å². The molecule has 2 heterocycles. The highest BCUT2D eigenvalue weighted by Gasteiger charge is 2.51. The first kappa shape index (κ1) is 25.2. The van der Waals surface area contributed by atoms with Gasteiger partial charge >= 0.3 is 0 Å². The number of nitrogens with two attached hydrogens (primary N) is 1. The molecule has 2 N–H and O–H groups in total. The van der Waals surface area contributed by atoms with E-state index in [1.54, 1.807) is 0 Å². The fourth-order valence-corrected chi connectivity index (χ4v) is 7.46. The number of hydrogen-bond donors (Lipinski definition) is 1. The van der Waals surface area contributed by atoms with Crippen molar-refractivity contribution in [1.29, 1.82) is 0 Å². The summed E-state index contributed by atoms with van der Waals surface area (Å²) in [6.07, 6.45) is 4.91. The van der Waals surface area contributed by atoms with Crippen molar-refractivity contribution in [2.75, 3.05) is 38.5 Å². The lowest BCUT2D eigenvalue weighted by molar-refractivity contribution is 0.373. The molecule has 2 aromatic carbocycles. The van der Waals surface area contributed by atoms with Gasteiger partial charge in [0, 0.05) is 41.6 Å². The number of hydrogen-bond acceptors (Lipinski definition) is 9. The van der Waals surface area contributed by atoms with Crippen molar-refractivity contribution >= 4 is 25.5 Å². The van der Waals surface area contributed by atoms with Crippen molar-refractivity contribution in [3.05, 3.63) is 41.0 Å². The maximum atomic E-state index is 12.7. The van der Waals surface area contributed by atoms with Gasteiger partial charge in [0.2, 0.25) is 10.0 Å². The summed E-state index contributed by atoms with van der Waals surface area (Å²) >= 11 is 0. The second kappa shape index (κ2) is 8.45. The van der Waals surface area contributed by atoms with Crippen LogP contribution in [0.15, 0.2) is 33.7 Å². The second-order valence-electron chi connectivity index (χ2n) is 10.5. The molecule has 12 heteroatoms. The van der Waals surface area contributed by atoms with Crippen LogP contribution < -0.4 is 19.5 Å². The number of nitrogens with zero attached hydrogens (tertiary/aromatic N) is 2. The summed E-state index contributed by atoms with van der Waals surface area (Å²) in [5, 5.41) is 9.98. The highest BCUT2D eigenvalue weighted by atomic mass is 32.2. The Bertz CT molecular complexity index is 1690. The third kappa shape index (κ3) is 3.97. The largest absolute Gasteiger partial charge is 0.495 e. The van der Waals surface area contributed by atoms with Crippen LogP contribution in [-0.4, -0.2) is 55.6 Å². The van der Waals surface area contributed by atoms with E-state index in [0.29, 0.717) is 17.9 Å². The molecule has 0 radical (unpaired) electrons. The van der Waals surface area contributed by atoms with Crippen LogP contribution in [0.1, 0.15) is 36.0 Å². The minimum atomic E-state index is -4.32. The van der Waals surface area contributed by atoms with Gasteiger partial charge < -0.3 is 18.9 Å². The van der Waals surface area contributed by atoms with E-state index < -0.39 is 19.9 Å². The zero-order valence-electron chi connectivity index (χ0n) is 21.4. The number of methoxy groups -OCH3 is 2. The maximum Gasteiger partial charge on any atom is 0.245 e. The van der Waals surface area contributed by atoms with Gasteiger partial charge in [-0.2, -0.15) is 0 Å². The SMILES string of the molecule is COc1cc(CS(C)(=O)=O)c(-c2noc3c2CC2(CC2)c2ccc(N4CCC4)cc2-3)c(OC)c1S(N)(=O)=O. The van der Waals surface area contributed by atoms with Gasteiger partial charge in [-0.3, -0.25) is 0 Å². The van der Waals surface area contributed by atoms with Crippen molar-refractivity contribution in [3.8, 4) is 34.1 Å². The van der Waals surface area contributed by atoms with Gasteiger partial charge in [0.05, 0.1) is 25.5 Å². The van der Waals surface area contributed by atoms with E-state index in [-0.39, 0.29) is 38.7 Å². The average Bonchev–Trinajstić information content (AvgIpc) is 3.45. The third-order valence-electron chi connectivity index (χ3n) is 7.84. The molecule has 3 aromatic rings. The number of fused-ring (bicyclic) bond motifs is 4. The Kier molecular flexibility index (Phi) is 5.61. The molecule has 1 saturated heterocycles. The smallest absolute Gasteiger partial charge is 0.245 e. The summed E-state index contributed by atoms with van der Waals surface area (Å²) in [5.41, 5.74) is 4.92. The quantitative estimate of drug-likeness (QED) is 0.462. The number of ether oxygens (including phenoxy) is 2. The minimum absolute atomic E-state index is 0.0599. The first-order valence-corrected chi connectivity index (χ1v) is 15.9. The Morgan fingerprint density at radius 2 is 1.84 bits per heavy atom. The lowest BCUT2D eigenvalue weighted by Gasteiger charge is -2.34. The molecule has 202 valence electrons. The van der Waals surface area contributed by atoms with E-state index in [1.807, 2.05) is 0 Å². The van der Waals surface area contributed by atoms with Gasteiger partial charge in [-0.1, -0.05) is 11.2 Å².